The van der Waals surface area contributed by atoms with Crippen LogP contribution in [-0.2, 0) is 14.1 Å². The Bertz CT molecular complexity index is 908. The van der Waals surface area contributed by atoms with Crippen LogP contribution in [-0.4, -0.2) is 27.9 Å². The van der Waals surface area contributed by atoms with Crippen LogP contribution < -0.4 is 21.3 Å². The molecule has 2 rings (SSSR count). The number of nitrogens with one attached hydrogen (secondary N) is 1. The minimum absolute atomic E-state index is 0.00446. The highest BCUT2D eigenvalue weighted by Gasteiger charge is 2.18. The Kier molecular flexibility index (Phi) is 5.06. The number of hydrogen-bond acceptors (Lipinski definition) is 6. The van der Waals surface area contributed by atoms with Crippen LogP contribution >= 0.6 is 0 Å². The number of para-hydroxylation sites is 1. The summed E-state index contributed by atoms with van der Waals surface area (Å²) in [6.07, 6.45) is -0.952. The van der Waals surface area contributed by atoms with Crippen LogP contribution in [0.3, 0.4) is 0 Å². The van der Waals surface area contributed by atoms with Crippen LogP contribution in [0.2, 0.25) is 0 Å². The van der Waals surface area contributed by atoms with Crippen molar-refractivity contribution in [3.63, 3.8) is 0 Å². The second kappa shape index (κ2) is 7.02. The van der Waals surface area contributed by atoms with Crippen LogP contribution in [0.4, 0.5) is 5.82 Å². The van der Waals surface area contributed by atoms with E-state index in [0.717, 1.165) is 9.13 Å². The summed E-state index contributed by atoms with van der Waals surface area (Å²) in [5, 5.41) is 22.4. The van der Waals surface area contributed by atoms with E-state index in [4.69, 9.17) is 4.74 Å². The van der Waals surface area contributed by atoms with Crippen molar-refractivity contribution in [2.45, 2.75) is 6.10 Å². The molecule has 1 aromatic heterocycles. The SMILES string of the molecule is COc1ccccc1[C@H](O)CNc1c(C#N)c(=O)n(C)c(=O)n1C. The molecule has 0 aliphatic heterocycles. The number of aromatic nitrogens is 2. The zero-order valence-corrected chi connectivity index (χ0v) is 13.6. The van der Waals surface area contributed by atoms with Gasteiger partial charge in [-0.05, 0) is 6.07 Å². The standard InChI is InChI=1S/C16H18N4O4/c1-19-14(11(8-17)15(22)20(2)16(19)23)18-9-12(21)10-6-4-5-7-13(10)24-3/h4-7,12,18,21H,9H2,1-3H3/t12-/m1/s1. The van der Waals surface area contributed by atoms with Crippen molar-refractivity contribution in [3.05, 3.63) is 56.2 Å². The maximum Gasteiger partial charge on any atom is 0.332 e. The molecule has 126 valence electrons. The summed E-state index contributed by atoms with van der Waals surface area (Å²) < 4.78 is 7.22. The number of benzene rings is 1. The van der Waals surface area contributed by atoms with Crippen molar-refractivity contribution in [2.75, 3.05) is 19.0 Å². The minimum Gasteiger partial charge on any atom is -0.496 e. The van der Waals surface area contributed by atoms with Crippen LogP contribution in [0.25, 0.3) is 0 Å². The summed E-state index contributed by atoms with van der Waals surface area (Å²) in [7, 11) is 4.25. The van der Waals surface area contributed by atoms with Gasteiger partial charge < -0.3 is 15.2 Å². The van der Waals surface area contributed by atoms with Crippen LogP contribution in [0.1, 0.15) is 17.2 Å². The first-order valence-corrected chi connectivity index (χ1v) is 7.17. The molecule has 0 aliphatic carbocycles. The van der Waals surface area contributed by atoms with E-state index < -0.39 is 17.4 Å². The molecule has 0 spiro atoms. The highest BCUT2D eigenvalue weighted by molar-refractivity contribution is 5.51. The van der Waals surface area contributed by atoms with Crippen molar-refractivity contribution in [1.29, 1.82) is 5.26 Å². The van der Waals surface area contributed by atoms with Gasteiger partial charge in [-0.2, -0.15) is 5.26 Å². The van der Waals surface area contributed by atoms with E-state index >= 15 is 0 Å². The Morgan fingerprint density at radius 2 is 1.96 bits per heavy atom. The zero-order chi connectivity index (χ0) is 17.9. The lowest BCUT2D eigenvalue weighted by molar-refractivity contribution is 0.186. The number of nitrogens with zero attached hydrogens (tertiary/aromatic N) is 3. The topological polar surface area (TPSA) is 109 Å². The molecule has 1 heterocycles. The maximum atomic E-state index is 12.0. The van der Waals surface area contributed by atoms with Gasteiger partial charge in [0.1, 0.15) is 17.6 Å². The Morgan fingerprint density at radius 1 is 1.29 bits per heavy atom. The van der Waals surface area contributed by atoms with Crippen LogP contribution in [0, 0.1) is 11.3 Å². The van der Waals surface area contributed by atoms with Crippen molar-refractivity contribution in [2.24, 2.45) is 14.1 Å². The lowest BCUT2D eigenvalue weighted by Crippen LogP contribution is -2.40. The molecule has 8 nitrogen and oxygen atoms in total. The Labute approximate surface area is 138 Å². The number of aliphatic hydroxyl groups excluding tert-OH is 1. The molecule has 24 heavy (non-hydrogen) atoms. The number of methoxy groups -OCH3 is 1. The van der Waals surface area contributed by atoms with Gasteiger partial charge in [0.15, 0.2) is 5.56 Å². The van der Waals surface area contributed by atoms with Gasteiger partial charge in [0.2, 0.25) is 0 Å². The average molecular weight is 330 g/mol. The Hall–Kier alpha value is -3.05. The first-order chi connectivity index (χ1) is 11.4. The third-order valence-electron chi connectivity index (χ3n) is 3.74. The second-order valence-corrected chi connectivity index (χ2v) is 5.18. The molecule has 0 aliphatic rings. The lowest BCUT2D eigenvalue weighted by atomic mass is 10.1. The van der Waals surface area contributed by atoms with Crippen LogP contribution in [0.15, 0.2) is 33.9 Å². The van der Waals surface area contributed by atoms with Crippen molar-refractivity contribution in [1.82, 2.24) is 9.13 Å². The summed E-state index contributed by atoms with van der Waals surface area (Å²) in [6.45, 7) is -0.00446. The van der Waals surface area contributed by atoms with Gasteiger partial charge in [0.05, 0.1) is 13.2 Å². The van der Waals surface area contributed by atoms with Crippen molar-refractivity contribution >= 4 is 5.82 Å². The van der Waals surface area contributed by atoms with Gasteiger partial charge in [-0.15, -0.1) is 0 Å². The molecule has 0 radical (unpaired) electrons. The van der Waals surface area contributed by atoms with Gasteiger partial charge in [0.25, 0.3) is 5.56 Å². The molecule has 1 aromatic carbocycles. The predicted molar refractivity (Wildman–Crippen MR) is 88.1 cm³/mol. The molecule has 0 unspecified atom stereocenters. The third-order valence-corrected chi connectivity index (χ3v) is 3.74. The predicted octanol–water partition coefficient (Wildman–Crippen LogP) is 0.110. The molecular formula is C16H18N4O4. The Balaban J connectivity index is 2.35. The van der Waals surface area contributed by atoms with Crippen molar-refractivity contribution < 1.29 is 9.84 Å². The fourth-order valence-corrected chi connectivity index (χ4v) is 2.40. The minimum atomic E-state index is -0.952. The van der Waals surface area contributed by atoms with E-state index in [1.54, 1.807) is 30.3 Å². The molecule has 0 bridgehead atoms. The molecular weight excluding hydrogens is 312 g/mol. The number of aliphatic hydroxyl groups is 1. The average Bonchev–Trinajstić information content (AvgIpc) is 2.61. The molecule has 8 heteroatoms. The van der Waals surface area contributed by atoms with E-state index in [1.165, 1.54) is 21.2 Å². The molecule has 1 atom stereocenters. The number of anilines is 1. The molecule has 0 saturated heterocycles. The molecule has 2 N–H and O–H groups in total. The Morgan fingerprint density at radius 3 is 2.58 bits per heavy atom. The van der Waals surface area contributed by atoms with Crippen molar-refractivity contribution in [3.8, 4) is 11.8 Å². The number of ether oxygens (including phenoxy) is 1. The normalized spacial score (nSPS) is 11.6. The number of nitriles is 1. The zero-order valence-electron chi connectivity index (χ0n) is 13.6. The highest BCUT2D eigenvalue weighted by Crippen LogP contribution is 2.24. The summed E-state index contributed by atoms with van der Waals surface area (Å²) in [4.78, 5) is 24.0. The van der Waals surface area contributed by atoms with E-state index in [1.807, 2.05) is 0 Å². The largest absolute Gasteiger partial charge is 0.496 e. The lowest BCUT2D eigenvalue weighted by Gasteiger charge is -2.18. The second-order valence-electron chi connectivity index (χ2n) is 5.18. The summed E-state index contributed by atoms with van der Waals surface area (Å²) in [5.41, 5.74) is -0.880. The smallest absolute Gasteiger partial charge is 0.332 e. The fourth-order valence-electron chi connectivity index (χ4n) is 2.40. The van der Waals surface area contributed by atoms with Gasteiger partial charge in [-0.1, -0.05) is 18.2 Å². The van der Waals surface area contributed by atoms with Gasteiger partial charge >= 0.3 is 5.69 Å². The summed E-state index contributed by atoms with van der Waals surface area (Å²) in [5.74, 6) is 0.588. The van der Waals surface area contributed by atoms with E-state index in [-0.39, 0.29) is 17.9 Å². The molecule has 0 saturated carbocycles. The maximum absolute atomic E-state index is 12.0. The molecule has 0 amide bonds. The monoisotopic (exact) mass is 330 g/mol. The number of hydrogen-bond donors (Lipinski definition) is 2. The number of rotatable bonds is 5. The molecule has 0 fully saturated rings. The van der Waals surface area contributed by atoms with E-state index in [2.05, 4.69) is 5.32 Å². The molecule has 2 aromatic rings. The van der Waals surface area contributed by atoms with Gasteiger partial charge in [-0.25, -0.2) is 4.79 Å². The quantitative estimate of drug-likeness (QED) is 0.805. The van der Waals surface area contributed by atoms with Gasteiger partial charge in [0, 0.05) is 26.2 Å². The fraction of sp³-hybridized carbons (Fsp3) is 0.312. The van der Waals surface area contributed by atoms with E-state index in [9.17, 15) is 20.0 Å². The summed E-state index contributed by atoms with van der Waals surface area (Å²) >= 11 is 0. The third kappa shape index (κ3) is 3.02. The highest BCUT2D eigenvalue weighted by atomic mass is 16.5. The van der Waals surface area contributed by atoms with E-state index in [0.29, 0.717) is 11.3 Å². The summed E-state index contributed by atoms with van der Waals surface area (Å²) in [6, 6.07) is 8.76. The first-order valence-electron chi connectivity index (χ1n) is 7.17. The van der Waals surface area contributed by atoms with Crippen LogP contribution in [0.5, 0.6) is 5.75 Å². The van der Waals surface area contributed by atoms with Gasteiger partial charge in [-0.3, -0.25) is 13.9 Å². The first kappa shape index (κ1) is 17.3.